The number of aromatic nitrogens is 6. The number of ether oxygens (including phenoxy) is 3. The Morgan fingerprint density at radius 1 is 0.861 bits per heavy atom. The number of H-pyrrole nitrogens is 1. The van der Waals surface area contributed by atoms with Gasteiger partial charge in [0.15, 0.2) is 23.1 Å². The van der Waals surface area contributed by atoms with Crippen LogP contribution in [0.2, 0.25) is 0 Å². The van der Waals surface area contributed by atoms with Crippen LogP contribution in [0.3, 0.4) is 0 Å². The van der Waals surface area contributed by atoms with E-state index >= 15 is 0 Å². The number of nitrogens with zero attached hydrogens (tertiary/aromatic N) is 5. The van der Waals surface area contributed by atoms with Gasteiger partial charge in [-0.1, -0.05) is 0 Å². The van der Waals surface area contributed by atoms with Gasteiger partial charge in [-0.2, -0.15) is 13.2 Å². The van der Waals surface area contributed by atoms with E-state index in [0.29, 0.717) is 18.0 Å². The standard InChI is InChI=1S/C21H13F5N6O4/c1-34-19-29-5-10(6-30-19)2-11-7-31-20(32-17(11)33)36-12-3-14(22)16(15(23)4-12)35-13-8-27-18(28-9-13)21(24,25)26/h3-9H,2H2,1H3,(H,31,32,33). The van der Waals surface area contributed by atoms with Crippen molar-refractivity contribution in [1.29, 1.82) is 0 Å². The van der Waals surface area contributed by atoms with Crippen molar-refractivity contribution in [1.82, 2.24) is 29.9 Å². The molecule has 0 aliphatic rings. The number of methoxy groups -OCH3 is 1. The van der Waals surface area contributed by atoms with Gasteiger partial charge in [0, 0.05) is 42.7 Å². The molecule has 0 spiro atoms. The van der Waals surface area contributed by atoms with Gasteiger partial charge in [-0.15, -0.1) is 0 Å². The van der Waals surface area contributed by atoms with E-state index in [0.717, 1.165) is 12.1 Å². The summed E-state index contributed by atoms with van der Waals surface area (Å²) in [5, 5.41) is 0. The van der Waals surface area contributed by atoms with Gasteiger partial charge in [0.05, 0.1) is 19.5 Å². The highest BCUT2D eigenvalue weighted by Gasteiger charge is 2.34. The second-order valence-corrected chi connectivity index (χ2v) is 6.96. The minimum Gasteiger partial charge on any atom is -0.467 e. The number of alkyl halides is 3. The van der Waals surface area contributed by atoms with Crippen LogP contribution in [-0.4, -0.2) is 37.0 Å². The summed E-state index contributed by atoms with van der Waals surface area (Å²) in [6.45, 7) is 0. The molecule has 186 valence electrons. The molecule has 10 nitrogen and oxygen atoms in total. The molecule has 3 aromatic heterocycles. The van der Waals surface area contributed by atoms with Crippen molar-refractivity contribution in [3.63, 3.8) is 0 Å². The number of rotatable bonds is 7. The summed E-state index contributed by atoms with van der Waals surface area (Å²) in [6, 6.07) is 1.27. The lowest BCUT2D eigenvalue weighted by molar-refractivity contribution is -0.145. The first kappa shape index (κ1) is 24.4. The summed E-state index contributed by atoms with van der Waals surface area (Å²) in [5.41, 5.74) is 0.282. The number of benzene rings is 1. The minimum absolute atomic E-state index is 0.148. The van der Waals surface area contributed by atoms with E-state index in [1.807, 2.05) is 0 Å². The maximum Gasteiger partial charge on any atom is 0.451 e. The van der Waals surface area contributed by atoms with E-state index in [9.17, 15) is 26.7 Å². The number of hydrogen-bond acceptors (Lipinski definition) is 9. The Hall–Kier alpha value is -4.69. The van der Waals surface area contributed by atoms with Gasteiger partial charge in [-0.25, -0.2) is 33.7 Å². The van der Waals surface area contributed by atoms with Crippen molar-refractivity contribution in [2.24, 2.45) is 0 Å². The second kappa shape index (κ2) is 9.89. The highest BCUT2D eigenvalue weighted by atomic mass is 19.4. The summed E-state index contributed by atoms with van der Waals surface area (Å²) in [5.74, 6) is -5.67. The van der Waals surface area contributed by atoms with Crippen LogP contribution in [-0.2, 0) is 12.6 Å². The number of aromatic amines is 1. The van der Waals surface area contributed by atoms with Crippen LogP contribution in [0.1, 0.15) is 17.0 Å². The van der Waals surface area contributed by atoms with Crippen LogP contribution < -0.4 is 19.8 Å². The predicted molar refractivity (Wildman–Crippen MR) is 110 cm³/mol. The molecule has 0 saturated carbocycles. The van der Waals surface area contributed by atoms with E-state index in [1.54, 1.807) is 0 Å². The Labute approximate surface area is 197 Å². The average molecular weight is 508 g/mol. The molecule has 36 heavy (non-hydrogen) atoms. The molecular weight excluding hydrogens is 495 g/mol. The number of halogens is 5. The molecule has 0 radical (unpaired) electrons. The quantitative estimate of drug-likeness (QED) is 0.371. The van der Waals surface area contributed by atoms with Gasteiger partial charge in [0.25, 0.3) is 5.56 Å². The lowest BCUT2D eigenvalue weighted by atomic mass is 10.1. The van der Waals surface area contributed by atoms with Gasteiger partial charge in [0.2, 0.25) is 5.82 Å². The fraction of sp³-hybridized carbons (Fsp3) is 0.143. The van der Waals surface area contributed by atoms with Gasteiger partial charge < -0.3 is 14.2 Å². The Balaban J connectivity index is 1.47. The smallest absolute Gasteiger partial charge is 0.451 e. The van der Waals surface area contributed by atoms with E-state index in [1.165, 1.54) is 25.7 Å². The maximum atomic E-state index is 14.4. The van der Waals surface area contributed by atoms with Crippen molar-refractivity contribution >= 4 is 0 Å². The lowest BCUT2D eigenvalue weighted by Gasteiger charge is -2.11. The molecule has 0 aliphatic carbocycles. The first-order valence-electron chi connectivity index (χ1n) is 9.79. The first-order chi connectivity index (χ1) is 17.1. The molecular formula is C21H13F5N6O4. The summed E-state index contributed by atoms with van der Waals surface area (Å²) in [4.78, 5) is 32.6. The zero-order valence-corrected chi connectivity index (χ0v) is 18.0. The Morgan fingerprint density at radius 3 is 2.06 bits per heavy atom. The molecule has 1 aromatic carbocycles. The van der Waals surface area contributed by atoms with Crippen LogP contribution in [0, 0.1) is 11.6 Å². The molecule has 0 unspecified atom stereocenters. The van der Waals surface area contributed by atoms with Crippen molar-refractivity contribution in [3.8, 4) is 29.3 Å². The SMILES string of the molecule is COc1ncc(Cc2cnc(Oc3cc(F)c(Oc4cnc(C(F)(F)F)nc4)c(F)c3)[nH]c2=O)cn1. The lowest BCUT2D eigenvalue weighted by Crippen LogP contribution is -2.15. The number of nitrogens with one attached hydrogen (secondary N) is 1. The zero-order valence-electron chi connectivity index (χ0n) is 18.0. The van der Waals surface area contributed by atoms with Crippen molar-refractivity contribution in [3.05, 3.63) is 82.1 Å². The monoisotopic (exact) mass is 508 g/mol. The average Bonchev–Trinajstić information content (AvgIpc) is 2.83. The molecule has 4 rings (SSSR count). The van der Waals surface area contributed by atoms with Crippen molar-refractivity contribution in [2.45, 2.75) is 12.6 Å². The van der Waals surface area contributed by atoms with E-state index in [2.05, 4.69) is 29.9 Å². The molecule has 0 atom stereocenters. The molecule has 0 aliphatic heterocycles. The molecule has 1 N–H and O–H groups in total. The molecule has 0 fully saturated rings. The van der Waals surface area contributed by atoms with Crippen LogP contribution in [0.5, 0.6) is 29.3 Å². The molecule has 3 heterocycles. The largest absolute Gasteiger partial charge is 0.467 e. The van der Waals surface area contributed by atoms with Gasteiger partial charge in [-0.3, -0.25) is 9.78 Å². The van der Waals surface area contributed by atoms with E-state index in [-0.39, 0.29) is 29.8 Å². The van der Waals surface area contributed by atoms with E-state index < -0.39 is 40.7 Å². The van der Waals surface area contributed by atoms with Crippen LogP contribution >= 0.6 is 0 Å². The van der Waals surface area contributed by atoms with Gasteiger partial charge in [-0.05, 0) is 5.56 Å². The molecule has 0 saturated heterocycles. The van der Waals surface area contributed by atoms with Crippen molar-refractivity contribution in [2.75, 3.05) is 7.11 Å². The topological polar surface area (TPSA) is 125 Å². The summed E-state index contributed by atoms with van der Waals surface area (Å²) in [7, 11) is 1.41. The maximum absolute atomic E-state index is 14.4. The molecule has 0 bridgehead atoms. The normalized spacial score (nSPS) is 11.3. The third kappa shape index (κ3) is 5.68. The molecule has 0 amide bonds. The zero-order chi connectivity index (χ0) is 25.9. The van der Waals surface area contributed by atoms with Gasteiger partial charge >= 0.3 is 18.2 Å². The van der Waals surface area contributed by atoms with Crippen molar-refractivity contribution < 1.29 is 36.2 Å². The fourth-order valence-electron chi connectivity index (χ4n) is 2.78. The minimum atomic E-state index is -4.79. The summed E-state index contributed by atoms with van der Waals surface area (Å²) >= 11 is 0. The highest BCUT2D eigenvalue weighted by Crippen LogP contribution is 2.32. The van der Waals surface area contributed by atoms with E-state index in [4.69, 9.17) is 14.2 Å². The third-order valence-corrected chi connectivity index (χ3v) is 4.40. The number of hydrogen-bond donors (Lipinski definition) is 1. The first-order valence-corrected chi connectivity index (χ1v) is 9.79. The predicted octanol–water partition coefficient (Wildman–Crippen LogP) is 3.83. The Morgan fingerprint density at radius 2 is 1.50 bits per heavy atom. The molecule has 15 heteroatoms. The van der Waals surface area contributed by atoms with Crippen LogP contribution in [0.25, 0.3) is 0 Å². The summed E-state index contributed by atoms with van der Waals surface area (Å²) < 4.78 is 81.5. The van der Waals surface area contributed by atoms with Crippen LogP contribution in [0.15, 0.2) is 47.9 Å². The summed E-state index contributed by atoms with van der Waals surface area (Å²) in [6.07, 6.45) is 0.762. The Bertz CT molecular complexity index is 1410. The highest BCUT2D eigenvalue weighted by molar-refractivity contribution is 5.38. The third-order valence-electron chi connectivity index (χ3n) is 4.40. The second-order valence-electron chi connectivity index (χ2n) is 6.96. The Kier molecular flexibility index (Phi) is 6.71. The van der Waals surface area contributed by atoms with Gasteiger partial charge in [0.1, 0.15) is 5.75 Å². The van der Waals surface area contributed by atoms with Crippen LogP contribution in [0.4, 0.5) is 22.0 Å². The fourth-order valence-corrected chi connectivity index (χ4v) is 2.78. The molecule has 4 aromatic rings.